The maximum absolute atomic E-state index is 10.9. The minimum atomic E-state index is -1.04. The van der Waals surface area contributed by atoms with Gasteiger partial charge < -0.3 is 9.84 Å². The molecule has 1 N–H and O–H groups in total. The van der Waals surface area contributed by atoms with Crippen LogP contribution < -0.4 is 4.74 Å². The third-order valence-electron chi connectivity index (χ3n) is 2.78. The van der Waals surface area contributed by atoms with Gasteiger partial charge in [-0.3, -0.25) is 10.1 Å². The molecule has 0 saturated heterocycles. The van der Waals surface area contributed by atoms with Gasteiger partial charge >= 0.3 is 5.97 Å². The molecule has 0 aromatic heterocycles. The molecule has 7 heteroatoms. The Kier molecular flexibility index (Phi) is 4.39. The predicted molar refractivity (Wildman–Crippen MR) is 75.8 cm³/mol. The summed E-state index contributed by atoms with van der Waals surface area (Å²) in [6, 6.07) is 10.1. The lowest BCUT2D eigenvalue weighted by atomic mass is 10.2. The molecular weight excluding hydrogens is 298 g/mol. The molecule has 2 aromatic carbocycles. The van der Waals surface area contributed by atoms with Crippen LogP contribution in [0.4, 0.5) is 5.69 Å². The molecule has 0 atom stereocenters. The highest BCUT2D eigenvalue weighted by Crippen LogP contribution is 2.27. The predicted octanol–water partition coefficient (Wildman–Crippen LogP) is 3.53. The monoisotopic (exact) mass is 307 g/mol. The van der Waals surface area contributed by atoms with Crippen molar-refractivity contribution in [3.05, 3.63) is 68.7 Å². The Morgan fingerprint density at radius 3 is 2.48 bits per heavy atom. The Balaban J connectivity index is 2.16. The van der Waals surface area contributed by atoms with E-state index in [9.17, 15) is 14.9 Å². The van der Waals surface area contributed by atoms with E-state index in [1.165, 1.54) is 36.4 Å². The highest BCUT2D eigenvalue weighted by molar-refractivity contribution is 6.31. The van der Waals surface area contributed by atoms with Gasteiger partial charge in [-0.1, -0.05) is 17.7 Å². The molecule has 0 heterocycles. The zero-order valence-electron chi connectivity index (χ0n) is 10.7. The topological polar surface area (TPSA) is 89.7 Å². The van der Waals surface area contributed by atoms with Gasteiger partial charge in [0.25, 0.3) is 5.69 Å². The number of nitrogens with zero attached hydrogens (tertiary/aromatic N) is 1. The van der Waals surface area contributed by atoms with Crippen LogP contribution in [0.25, 0.3) is 0 Å². The molecule has 0 aliphatic heterocycles. The number of carbonyl (C=O) groups is 1. The number of carboxylic acids is 1. The molecule has 0 aliphatic carbocycles. The summed E-state index contributed by atoms with van der Waals surface area (Å²) in [5, 5.41) is 20.0. The van der Waals surface area contributed by atoms with Gasteiger partial charge in [0.2, 0.25) is 0 Å². The number of benzene rings is 2. The number of halogens is 1. The Bertz CT molecular complexity index is 684. The van der Waals surface area contributed by atoms with Crippen molar-refractivity contribution in [1.29, 1.82) is 0 Å². The van der Waals surface area contributed by atoms with Crippen molar-refractivity contribution in [2.24, 2.45) is 0 Å². The summed E-state index contributed by atoms with van der Waals surface area (Å²) in [7, 11) is 0. The smallest absolute Gasteiger partial charge is 0.335 e. The van der Waals surface area contributed by atoms with Gasteiger partial charge in [0.1, 0.15) is 12.4 Å². The van der Waals surface area contributed by atoms with E-state index in [0.29, 0.717) is 5.75 Å². The molecule has 0 saturated carbocycles. The Hall–Kier alpha value is -2.60. The van der Waals surface area contributed by atoms with E-state index in [-0.39, 0.29) is 28.4 Å². The highest BCUT2D eigenvalue weighted by atomic mass is 35.5. The van der Waals surface area contributed by atoms with Gasteiger partial charge in [-0.25, -0.2) is 4.79 Å². The van der Waals surface area contributed by atoms with Crippen molar-refractivity contribution < 1.29 is 19.6 Å². The molecule has 6 nitrogen and oxygen atoms in total. The van der Waals surface area contributed by atoms with Crippen molar-refractivity contribution in [1.82, 2.24) is 0 Å². The van der Waals surface area contributed by atoms with E-state index >= 15 is 0 Å². The van der Waals surface area contributed by atoms with Crippen LogP contribution in [0.5, 0.6) is 5.75 Å². The van der Waals surface area contributed by atoms with Gasteiger partial charge in [0, 0.05) is 6.07 Å². The number of ether oxygens (including phenoxy) is 1. The SMILES string of the molecule is O=C(O)c1ccc(OCc2c(Cl)cccc2[N+](=O)[O-])cc1. The van der Waals surface area contributed by atoms with Gasteiger partial charge in [0.15, 0.2) is 0 Å². The van der Waals surface area contributed by atoms with E-state index in [1.807, 2.05) is 0 Å². The van der Waals surface area contributed by atoms with Crippen LogP contribution in [0, 0.1) is 10.1 Å². The largest absolute Gasteiger partial charge is 0.489 e. The zero-order valence-corrected chi connectivity index (χ0v) is 11.4. The molecule has 0 fully saturated rings. The summed E-state index contributed by atoms with van der Waals surface area (Å²) in [4.78, 5) is 21.1. The van der Waals surface area contributed by atoms with Gasteiger partial charge in [-0.2, -0.15) is 0 Å². The normalized spacial score (nSPS) is 10.1. The fraction of sp³-hybridized carbons (Fsp3) is 0.0714. The lowest BCUT2D eigenvalue weighted by Crippen LogP contribution is -2.02. The molecule has 0 radical (unpaired) electrons. The van der Waals surface area contributed by atoms with Crippen molar-refractivity contribution in [3.8, 4) is 5.75 Å². The first-order valence-corrected chi connectivity index (χ1v) is 6.25. The van der Waals surface area contributed by atoms with Crippen LogP contribution >= 0.6 is 11.6 Å². The summed E-state index contributed by atoms with van der Waals surface area (Å²) < 4.78 is 5.42. The van der Waals surface area contributed by atoms with Crippen molar-refractivity contribution >= 4 is 23.3 Å². The highest BCUT2D eigenvalue weighted by Gasteiger charge is 2.17. The van der Waals surface area contributed by atoms with Crippen LogP contribution in [0.3, 0.4) is 0 Å². The van der Waals surface area contributed by atoms with Gasteiger partial charge in [0.05, 0.1) is 21.1 Å². The van der Waals surface area contributed by atoms with E-state index in [0.717, 1.165) is 0 Å². The average molecular weight is 308 g/mol. The minimum Gasteiger partial charge on any atom is -0.489 e. The summed E-state index contributed by atoms with van der Waals surface area (Å²) in [6.07, 6.45) is 0. The van der Waals surface area contributed by atoms with Gasteiger partial charge in [-0.05, 0) is 30.3 Å². The summed E-state index contributed by atoms with van der Waals surface area (Å²) in [5.74, 6) is -0.641. The lowest BCUT2D eigenvalue weighted by molar-refractivity contribution is -0.385. The number of rotatable bonds is 5. The second kappa shape index (κ2) is 6.23. The Morgan fingerprint density at radius 2 is 1.90 bits per heavy atom. The fourth-order valence-corrected chi connectivity index (χ4v) is 1.93. The third kappa shape index (κ3) is 3.49. The quantitative estimate of drug-likeness (QED) is 0.674. The number of hydrogen-bond donors (Lipinski definition) is 1. The van der Waals surface area contributed by atoms with Crippen LogP contribution in [0.2, 0.25) is 5.02 Å². The third-order valence-corrected chi connectivity index (χ3v) is 3.13. The lowest BCUT2D eigenvalue weighted by Gasteiger charge is -2.08. The van der Waals surface area contributed by atoms with E-state index < -0.39 is 10.9 Å². The number of aromatic carboxylic acids is 1. The first-order chi connectivity index (χ1) is 9.99. The molecule has 2 rings (SSSR count). The molecular formula is C14H10ClNO5. The maximum Gasteiger partial charge on any atom is 0.335 e. The van der Waals surface area contributed by atoms with Crippen LogP contribution in [0.15, 0.2) is 42.5 Å². The number of nitro groups is 1. The Labute approximate surface area is 124 Å². The second-order valence-corrected chi connectivity index (χ2v) is 4.52. The summed E-state index contributed by atoms with van der Waals surface area (Å²) >= 11 is 5.94. The number of nitro benzene ring substituents is 1. The van der Waals surface area contributed by atoms with Crippen molar-refractivity contribution in [2.75, 3.05) is 0 Å². The second-order valence-electron chi connectivity index (χ2n) is 4.11. The molecule has 0 amide bonds. The minimum absolute atomic E-state index is 0.0809. The molecule has 0 unspecified atom stereocenters. The molecule has 0 bridgehead atoms. The average Bonchev–Trinajstić information content (AvgIpc) is 2.46. The first kappa shape index (κ1) is 14.8. The molecule has 21 heavy (non-hydrogen) atoms. The van der Waals surface area contributed by atoms with E-state index in [2.05, 4.69) is 0 Å². The summed E-state index contributed by atoms with van der Waals surface area (Å²) in [5.41, 5.74) is 0.280. The van der Waals surface area contributed by atoms with Crippen molar-refractivity contribution in [3.63, 3.8) is 0 Å². The number of carboxylic acid groups (broad SMARTS) is 1. The summed E-state index contributed by atoms with van der Waals surface area (Å²) in [6.45, 7) is -0.0809. The van der Waals surface area contributed by atoms with E-state index in [1.54, 1.807) is 6.07 Å². The molecule has 108 valence electrons. The first-order valence-electron chi connectivity index (χ1n) is 5.87. The Morgan fingerprint density at radius 1 is 1.24 bits per heavy atom. The molecule has 2 aromatic rings. The fourth-order valence-electron chi connectivity index (χ4n) is 1.71. The standard InChI is InChI=1S/C14H10ClNO5/c15-12-2-1-3-13(16(19)20)11(12)8-21-10-6-4-9(5-7-10)14(17)18/h1-7H,8H2,(H,17,18). The van der Waals surface area contributed by atoms with Crippen LogP contribution in [0.1, 0.15) is 15.9 Å². The molecule has 0 spiro atoms. The van der Waals surface area contributed by atoms with Crippen LogP contribution in [-0.4, -0.2) is 16.0 Å². The zero-order chi connectivity index (χ0) is 15.4. The van der Waals surface area contributed by atoms with Crippen LogP contribution in [-0.2, 0) is 6.61 Å². The maximum atomic E-state index is 10.9. The van der Waals surface area contributed by atoms with Crippen molar-refractivity contribution in [2.45, 2.75) is 6.61 Å². The molecule has 0 aliphatic rings. The van der Waals surface area contributed by atoms with Gasteiger partial charge in [-0.15, -0.1) is 0 Å². The number of hydrogen-bond acceptors (Lipinski definition) is 4. The van der Waals surface area contributed by atoms with E-state index in [4.69, 9.17) is 21.4 Å².